The molecule has 0 heterocycles. The Balaban J connectivity index is 1.49. The highest BCUT2D eigenvalue weighted by Crippen LogP contribution is 2.23. The second-order valence-corrected chi connectivity index (χ2v) is 8.52. The van der Waals surface area contributed by atoms with E-state index in [1.807, 2.05) is 30.3 Å². The summed E-state index contributed by atoms with van der Waals surface area (Å²) >= 11 is 0. The summed E-state index contributed by atoms with van der Waals surface area (Å²) in [4.78, 5) is 0. The van der Waals surface area contributed by atoms with Crippen LogP contribution in [-0.4, -0.2) is 0 Å². The first kappa shape index (κ1) is 21.8. The van der Waals surface area contributed by atoms with Gasteiger partial charge in [0.15, 0.2) is 0 Å². The summed E-state index contributed by atoms with van der Waals surface area (Å²) in [5, 5.41) is 1.56. The van der Waals surface area contributed by atoms with Crippen molar-refractivity contribution in [2.75, 3.05) is 0 Å². The van der Waals surface area contributed by atoms with E-state index in [0.29, 0.717) is 10.9 Å². The van der Waals surface area contributed by atoms with Crippen molar-refractivity contribution in [2.45, 2.75) is 46.0 Å². The average molecular weight is 421 g/mol. The van der Waals surface area contributed by atoms with Gasteiger partial charge in [-0.3, -0.25) is 0 Å². The lowest BCUT2D eigenvalue weighted by atomic mass is 9.99. The summed E-state index contributed by atoms with van der Waals surface area (Å²) in [6, 6.07) is 26.7. The van der Waals surface area contributed by atoms with Gasteiger partial charge in [0.25, 0.3) is 0 Å². The van der Waals surface area contributed by atoms with Gasteiger partial charge in [0.05, 0.1) is 5.56 Å². The van der Waals surface area contributed by atoms with Gasteiger partial charge in [-0.25, -0.2) is 4.39 Å². The van der Waals surface area contributed by atoms with Crippen molar-refractivity contribution < 1.29 is 4.39 Å². The molecule has 0 amide bonds. The molecular weight excluding hydrogens is 391 g/mol. The zero-order chi connectivity index (χ0) is 22.3. The molecule has 0 aliphatic heterocycles. The van der Waals surface area contributed by atoms with Gasteiger partial charge in [0, 0.05) is 10.9 Å². The van der Waals surface area contributed by atoms with E-state index < -0.39 is 0 Å². The third-order valence-corrected chi connectivity index (χ3v) is 5.96. The Hall–Kier alpha value is -3.37. The molecule has 0 atom stereocenters. The number of aryl methyl sites for hydroxylation is 4. The van der Waals surface area contributed by atoms with Gasteiger partial charge in [-0.2, -0.15) is 0 Å². The van der Waals surface area contributed by atoms with Crippen molar-refractivity contribution >= 4 is 10.8 Å². The van der Waals surface area contributed by atoms with Crippen LogP contribution in [0.15, 0.2) is 78.9 Å². The Morgan fingerprint density at radius 1 is 0.688 bits per heavy atom. The fourth-order valence-electron chi connectivity index (χ4n) is 3.91. The van der Waals surface area contributed by atoms with E-state index in [1.165, 1.54) is 35.1 Å². The molecule has 0 aliphatic carbocycles. The van der Waals surface area contributed by atoms with E-state index in [4.69, 9.17) is 0 Å². The van der Waals surface area contributed by atoms with Crippen LogP contribution in [-0.2, 0) is 19.3 Å². The molecule has 0 bridgehead atoms. The van der Waals surface area contributed by atoms with E-state index in [9.17, 15) is 0 Å². The maximum absolute atomic E-state index is 15.1. The van der Waals surface area contributed by atoms with E-state index in [1.54, 1.807) is 6.07 Å². The first-order valence-corrected chi connectivity index (χ1v) is 11.5. The van der Waals surface area contributed by atoms with Gasteiger partial charge >= 0.3 is 0 Å². The monoisotopic (exact) mass is 420 g/mol. The molecule has 32 heavy (non-hydrogen) atoms. The van der Waals surface area contributed by atoms with Crippen LogP contribution >= 0.6 is 0 Å². The number of halogens is 1. The minimum absolute atomic E-state index is 0.236. The van der Waals surface area contributed by atoms with Crippen LogP contribution in [0.25, 0.3) is 10.8 Å². The zero-order valence-corrected chi connectivity index (χ0v) is 18.9. The highest BCUT2D eigenvalue weighted by atomic mass is 19.1. The minimum Gasteiger partial charge on any atom is -0.205 e. The van der Waals surface area contributed by atoms with Crippen LogP contribution < -0.4 is 0 Å². The van der Waals surface area contributed by atoms with Crippen molar-refractivity contribution in [3.8, 4) is 11.8 Å². The van der Waals surface area contributed by atoms with Crippen LogP contribution in [0.2, 0.25) is 0 Å². The smallest absolute Gasteiger partial charge is 0.146 e. The van der Waals surface area contributed by atoms with E-state index >= 15 is 4.39 Å². The molecule has 0 spiro atoms. The lowest BCUT2D eigenvalue weighted by Gasteiger charge is -2.07. The number of hydrogen-bond acceptors (Lipinski definition) is 0. The fraction of sp³-hybridized carbons (Fsp3) is 0.226. The van der Waals surface area contributed by atoms with Gasteiger partial charge in [0.1, 0.15) is 5.82 Å². The topological polar surface area (TPSA) is 0 Å². The van der Waals surface area contributed by atoms with Gasteiger partial charge in [0.2, 0.25) is 0 Å². The lowest BCUT2D eigenvalue weighted by molar-refractivity contribution is 0.636. The molecular formula is C31H29F. The highest BCUT2D eigenvalue weighted by molar-refractivity contribution is 5.85. The Morgan fingerprint density at radius 2 is 1.34 bits per heavy atom. The fourth-order valence-corrected chi connectivity index (χ4v) is 3.91. The minimum atomic E-state index is -0.236. The standard InChI is InChI=1S/C31H29F/c1-3-4-5-24-10-12-26(13-11-24)16-18-28-19-20-29-22-27(17-21-30(29)31(28)32)15-14-25-8-6-23(2)7-9-25/h6-13,17,19-22H,3-5,14-15H2,1-2H3. The molecule has 1 heteroatoms. The molecule has 0 N–H and O–H groups in total. The molecule has 0 unspecified atom stereocenters. The maximum Gasteiger partial charge on any atom is 0.146 e. The van der Waals surface area contributed by atoms with Crippen LogP contribution in [0.3, 0.4) is 0 Å². The Kier molecular flexibility index (Phi) is 7.03. The molecule has 4 rings (SSSR count). The largest absolute Gasteiger partial charge is 0.205 e. The summed E-state index contributed by atoms with van der Waals surface area (Å²) in [6.07, 6.45) is 5.40. The van der Waals surface area contributed by atoms with Crippen molar-refractivity contribution in [2.24, 2.45) is 0 Å². The SMILES string of the molecule is CCCCc1ccc(C#Cc2ccc3cc(CCc4ccc(C)cc4)ccc3c2F)cc1. The summed E-state index contributed by atoms with van der Waals surface area (Å²) in [6.45, 7) is 4.30. The molecule has 0 radical (unpaired) electrons. The number of unbranched alkanes of at least 4 members (excludes halogenated alkanes) is 1. The molecule has 0 saturated carbocycles. The molecule has 0 nitrogen and oxygen atoms in total. The average Bonchev–Trinajstić information content (AvgIpc) is 2.82. The van der Waals surface area contributed by atoms with Crippen molar-refractivity contribution in [3.63, 3.8) is 0 Å². The second kappa shape index (κ2) is 10.3. The first-order chi connectivity index (χ1) is 15.6. The first-order valence-electron chi connectivity index (χ1n) is 11.5. The van der Waals surface area contributed by atoms with Gasteiger partial charge < -0.3 is 0 Å². The summed E-state index contributed by atoms with van der Waals surface area (Å²) in [5.41, 5.74) is 6.51. The maximum atomic E-state index is 15.1. The molecule has 0 aliphatic rings. The summed E-state index contributed by atoms with van der Waals surface area (Å²) in [5.74, 6) is 5.90. The molecule has 0 fully saturated rings. The Labute approximate surface area is 191 Å². The second-order valence-electron chi connectivity index (χ2n) is 8.52. The predicted molar refractivity (Wildman–Crippen MR) is 134 cm³/mol. The van der Waals surface area contributed by atoms with Gasteiger partial charge in [-0.05, 0) is 72.9 Å². The predicted octanol–water partition coefficient (Wildman–Crippen LogP) is 7.81. The molecule has 160 valence electrons. The molecule has 0 saturated heterocycles. The van der Waals surface area contributed by atoms with Crippen LogP contribution in [0.5, 0.6) is 0 Å². The quantitative estimate of drug-likeness (QED) is 0.279. The highest BCUT2D eigenvalue weighted by Gasteiger charge is 2.07. The number of benzene rings is 4. The van der Waals surface area contributed by atoms with E-state index in [2.05, 4.69) is 68.2 Å². The number of hydrogen-bond donors (Lipinski definition) is 0. The van der Waals surface area contributed by atoms with Crippen molar-refractivity contribution in [1.82, 2.24) is 0 Å². The third-order valence-electron chi connectivity index (χ3n) is 5.96. The summed E-state index contributed by atoms with van der Waals surface area (Å²) in [7, 11) is 0. The number of fused-ring (bicyclic) bond motifs is 1. The number of rotatable bonds is 6. The van der Waals surface area contributed by atoms with Crippen LogP contribution in [0, 0.1) is 24.6 Å². The summed E-state index contributed by atoms with van der Waals surface area (Å²) < 4.78 is 15.1. The van der Waals surface area contributed by atoms with Crippen molar-refractivity contribution in [3.05, 3.63) is 118 Å². The molecule has 0 aromatic heterocycles. The van der Waals surface area contributed by atoms with Gasteiger partial charge in [-0.15, -0.1) is 0 Å². The third kappa shape index (κ3) is 5.45. The lowest BCUT2D eigenvalue weighted by Crippen LogP contribution is -1.93. The normalized spacial score (nSPS) is 10.7. The van der Waals surface area contributed by atoms with E-state index in [0.717, 1.165) is 30.2 Å². The van der Waals surface area contributed by atoms with Crippen molar-refractivity contribution in [1.29, 1.82) is 0 Å². The van der Waals surface area contributed by atoms with Crippen LogP contribution in [0.1, 0.15) is 53.1 Å². The van der Waals surface area contributed by atoms with Crippen LogP contribution in [0.4, 0.5) is 4.39 Å². The van der Waals surface area contributed by atoms with Gasteiger partial charge in [-0.1, -0.05) is 91.4 Å². The Morgan fingerprint density at radius 3 is 2.09 bits per heavy atom. The Bertz CT molecular complexity index is 1250. The van der Waals surface area contributed by atoms with E-state index in [-0.39, 0.29) is 5.82 Å². The zero-order valence-electron chi connectivity index (χ0n) is 18.9. The molecule has 4 aromatic rings. The molecule has 4 aromatic carbocycles.